The first-order valence-corrected chi connectivity index (χ1v) is 22.3. The second kappa shape index (κ2) is 29.3. The summed E-state index contributed by atoms with van der Waals surface area (Å²) in [7, 11) is 0. The van der Waals surface area contributed by atoms with Crippen molar-refractivity contribution in [2.24, 2.45) is 34.0 Å². The number of aliphatic hydroxyl groups is 2. The molecule has 0 aromatic heterocycles. The van der Waals surface area contributed by atoms with E-state index >= 15 is 0 Å². The van der Waals surface area contributed by atoms with E-state index in [9.17, 15) is 48.6 Å². The van der Waals surface area contributed by atoms with Crippen molar-refractivity contribution in [2.45, 2.75) is 193 Å². The summed E-state index contributed by atoms with van der Waals surface area (Å²) >= 11 is 0. The number of carbonyl (C=O) groups is 8. The maximum Gasteiger partial charge on any atom is 0.328 e. The first-order chi connectivity index (χ1) is 29.6. The van der Waals surface area contributed by atoms with Gasteiger partial charge in [0.05, 0.1) is 25.0 Å². The molecular weight excluding hydrogens is 821 g/mol. The lowest BCUT2D eigenvalue weighted by atomic mass is 9.95. The molecule has 63 heavy (non-hydrogen) atoms. The summed E-state index contributed by atoms with van der Waals surface area (Å²) in [5, 5.41) is 36.0. The van der Waals surface area contributed by atoms with Gasteiger partial charge in [-0.05, 0) is 45.4 Å². The van der Waals surface area contributed by atoms with Crippen molar-refractivity contribution < 1.29 is 53.3 Å². The van der Waals surface area contributed by atoms with E-state index in [4.69, 9.17) is 21.9 Å². The summed E-state index contributed by atoms with van der Waals surface area (Å²) in [5.41, 5.74) is 16.0. The molecule has 0 bridgehead atoms. The first kappa shape index (κ1) is 56.0. The average molecular weight is 897 g/mol. The van der Waals surface area contributed by atoms with Crippen molar-refractivity contribution in [1.29, 1.82) is 0 Å². The second-order valence-corrected chi connectivity index (χ2v) is 17.0. The van der Waals surface area contributed by atoms with Gasteiger partial charge >= 0.3 is 5.97 Å². The van der Waals surface area contributed by atoms with E-state index in [1.165, 1.54) is 20.8 Å². The number of guanidine groups is 1. The predicted octanol–water partition coefficient (Wildman–Crippen LogP) is -0.866. The zero-order valence-electron chi connectivity index (χ0n) is 38.2. The van der Waals surface area contributed by atoms with E-state index in [1.54, 1.807) is 27.7 Å². The molecule has 360 valence electrons. The average Bonchev–Trinajstić information content (AvgIpc) is 3.19. The van der Waals surface area contributed by atoms with E-state index in [1.807, 2.05) is 0 Å². The van der Waals surface area contributed by atoms with Gasteiger partial charge in [-0.15, -0.1) is 0 Å². The van der Waals surface area contributed by atoms with Crippen LogP contribution in [0.25, 0.3) is 0 Å². The number of nitrogens with two attached hydrogens (primary N) is 3. The van der Waals surface area contributed by atoms with Gasteiger partial charge in [0.15, 0.2) is 5.96 Å². The number of nitrogens with zero attached hydrogens (tertiary/aromatic N) is 1. The number of esters is 1. The molecule has 14 N–H and O–H groups in total. The number of nitrogens with one attached hydrogen (secondary N) is 6. The van der Waals surface area contributed by atoms with Gasteiger partial charge < -0.3 is 64.1 Å². The minimum absolute atomic E-state index is 0.112. The monoisotopic (exact) mass is 897 g/mol. The molecule has 0 aliphatic carbocycles. The molecule has 7 amide bonds. The minimum atomic E-state index is -1.68. The molecule has 1 saturated heterocycles. The Balaban J connectivity index is 3.24. The fourth-order valence-electron chi connectivity index (χ4n) is 6.83. The van der Waals surface area contributed by atoms with Gasteiger partial charge in [-0.25, -0.2) is 4.79 Å². The molecule has 1 heterocycles. The smallest absolute Gasteiger partial charge is 0.328 e. The van der Waals surface area contributed by atoms with Gasteiger partial charge in [-0.1, -0.05) is 91.9 Å². The van der Waals surface area contributed by atoms with Gasteiger partial charge in [0.1, 0.15) is 42.4 Å². The Kier molecular flexibility index (Phi) is 26.1. The molecule has 1 rings (SSSR count). The molecule has 0 spiro atoms. The van der Waals surface area contributed by atoms with Crippen LogP contribution in [0.5, 0.6) is 0 Å². The Morgan fingerprint density at radius 2 is 1.21 bits per heavy atom. The van der Waals surface area contributed by atoms with Crippen LogP contribution in [0.15, 0.2) is 4.99 Å². The predicted molar refractivity (Wildman–Crippen MR) is 235 cm³/mol. The fraction of sp³-hybridized carbons (Fsp3) is 0.786. The van der Waals surface area contributed by atoms with E-state index < -0.39 is 120 Å². The van der Waals surface area contributed by atoms with Crippen LogP contribution in [0, 0.1) is 11.8 Å². The number of hydrogen-bond acceptors (Lipinski definition) is 12. The number of rotatable bonds is 22. The van der Waals surface area contributed by atoms with Gasteiger partial charge in [0.25, 0.3) is 0 Å². The third-order valence-electron chi connectivity index (χ3n) is 10.9. The summed E-state index contributed by atoms with van der Waals surface area (Å²) in [5.74, 6) is -8.52. The van der Waals surface area contributed by atoms with E-state index in [0.29, 0.717) is 25.8 Å². The lowest BCUT2D eigenvalue weighted by Crippen LogP contribution is -2.63. The number of unbranched alkanes of at least 4 members (excludes halogenated alkanes) is 9. The summed E-state index contributed by atoms with van der Waals surface area (Å²) in [6.45, 7) is 11.1. The molecule has 0 aromatic carbocycles. The number of primary amides is 1. The SMILES string of the molecule is CC[C@H](C)[C@H]1NC(=O)C(NC(=O)CC(O)CCCCCCCCCCCCN=C(N)N)C(C)OC(=O)[C@@H](C)NC(=O)[C@@H](CC(N)=O)NC(=O)[C@@H]([C@@H](C)O)NC(=O)C(C(C)C)NC1=O. The Morgan fingerprint density at radius 3 is 1.73 bits per heavy atom. The van der Waals surface area contributed by atoms with Crippen molar-refractivity contribution in [1.82, 2.24) is 31.9 Å². The van der Waals surface area contributed by atoms with Crippen LogP contribution in [0.1, 0.15) is 138 Å². The molecule has 10 atom stereocenters. The highest BCUT2D eigenvalue weighted by Crippen LogP contribution is 2.15. The number of aliphatic hydroxyl groups excluding tert-OH is 2. The Morgan fingerprint density at radius 1 is 0.698 bits per heavy atom. The lowest BCUT2D eigenvalue weighted by molar-refractivity contribution is -0.155. The molecule has 4 unspecified atom stereocenters. The summed E-state index contributed by atoms with van der Waals surface area (Å²) in [4.78, 5) is 111. The summed E-state index contributed by atoms with van der Waals surface area (Å²) < 4.78 is 5.55. The Bertz CT molecular complexity index is 1540. The van der Waals surface area contributed by atoms with Crippen LogP contribution >= 0.6 is 0 Å². The van der Waals surface area contributed by atoms with E-state index in [2.05, 4.69) is 36.9 Å². The Labute approximate surface area is 371 Å². The molecule has 21 heteroatoms. The van der Waals surface area contributed by atoms with Crippen LogP contribution in [0.4, 0.5) is 0 Å². The van der Waals surface area contributed by atoms with Crippen molar-refractivity contribution in [3.05, 3.63) is 0 Å². The molecule has 0 radical (unpaired) electrons. The van der Waals surface area contributed by atoms with Gasteiger partial charge in [-0.3, -0.25) is 38.6 Å². The normalized spacial score (nSPS) is 24.7. The quantitative estimate of drug-likeness (QED) is 0.0273. The summed E-state index contributed by atoms with van der Waals surface area (Å²) in [6, 6.07) is -8.97. The molecular formula is C42H76N10O11. The lowest BCUT2D eigenvalue weighted by Gasteiger charge is -2.31. The van der Waals surface area contributed by atoms with Gasteiger partial charge in [0.2, 0.25) is 41.4 Å². The zero-order chi connectivity index (χ0) is 47.8. The number of ether oxygens (including phenoxy) is 1. The van der Waals surface area contributed by atoms with Crippen molar-refractivity contribution in [3.8, 4) is 0 Å². The van der Waals surface area contributed by atoms with Crippen LogP contribution in [0.3, 0.4) is 0 Å². The Hall–Kier alpha value is -5.05. The maximum atomic E-state index is 14.1. The molecule has 0 aromatic rings. The molecule has 21 nitrogen and oxygen atoms in total. The first-order valence-electron chi connectivity index (χ1n) is 22.3. The topological polar surface area (TPSA) is 349 Å². The summed E-state index contributed by atoms with van der Waals surface area (Å²) in [6.07, 6.45) is 5.69. The molecule has 1 aliphatic heterocycles. The second-order valence-electron chi connectivity index (χ2n) is 17.0. The highest BCUT2D eigenvalue weighted by atomic mass is 16.5. The molecule has 0 saturated carbocycles. The number of carbonyl (C=O) groups excluding carboxylic acids is 8. The van der Waals surface area contributed by atoms with Crippen LogP contribution in [-0.4, -0.2) is 125 Å². The van der Waals surface area contributed by atoms with Crippen molar-refractivity contribution >= 4 is 53.3 Å². The number of amides is 7. The third kappa shape index (κ3) is 21.7. The van der Waals surface area contributed by atoms with Crippen LogP contribution in [0.2, 0.25) is 0 Å². The van der Waals surface area contributed by atoms with E-state index in [0.717, 1.165) is 57.8 Å². The van der Waals surface area contributed by atoms with E-state index in [-0.39, 0.29) is 12.4 Å². The minimum Gasteiger partial charge on any atom is -0.458 e. The van der Waals surface area contributed by atoms with Gasteiger partial charge in [-0.2, -0.15) is 0 Å². The van der Waals surface area contributed by atoms with Gasteiger partial charge in [0, 0.05) is 6.54 Å². The number of hydrogen-bond donors (Lipinski definition) is 11. The maximum absolute atomic E-state index is 14.1. The number of aliphatic imine (C=N–C) groups is 1. The van der Waals surface area contributed by atoms with Crippen molar-refractivity contribution in [3.63, 3.8) is 0 Å². The highest BCUT2D eigenvalue weighted by Gasteiger charge is 2.39. The molecule has 1 fully saturated rings. The number of cyclic esters (lactones) is 1. The molecule has 1 aliphatic rings. The highest BCUT2D eigenvalue weighted by molar-refractivity contribution is 5.98. The zero-order valence-corrected chi connectivity index (χ0v) is 38.2. The van der Waals surface area contributed by atoms with Crippen LogP contribution in [-0.2, 0) is 43.1 Å². The third-order valence-corrected chi connectivity index (χ3v) is 10.9. The van der Waals surface area contributed by atoms with Crippen LogP contribution < -0.4 is 49.1 Å². The fourth-order valence-corrected chi connectivity index (χ4v) is 6.83. The standard InChI is InChI=1S/C42H76N10O11/c1-8-24(4)33-38(59)50-32(23(2)3)37(58)52-34(26(6)53)39(60)48-29(22-30(43)55)36(57)47-25(5)41(62)63-27(7)35(40(61)51-33)49-31(56)21-28(54)19-17-15-13-11-9-10-12-14-16-18-20-46-42(44)45/h23-29,32-35,53-54H,8-22H2,1-7H3,(H2,43,55)(H,47,57)(H,48,60)(H,49,56)(H,50,59)(H,51,61)(H,52,58)(H4,44,45,46)/t24-,25+,26+,27?,28?,29+,32?,33+,34+,35?/m0/s1. The van der Waals surface area contributed by atoms with Crippen molar-refractivity contribution in [2.75, 3.05) is 6.54 Å². The largest absolute Gasteiger partial charge is 0.458 e.